The summed E-state index contributed by atoms with van der Waals surface area (Å²) >= 11 is 0. The Bertz CT molecular complexity index is 552. The lowest BCUT2D eigenvalue weighted by molar-refractivity contribution is -0.419. The van der Waals surface area contributed by atoms with Crippen molar-refractivity contribution < 1.29 is 19.4 Å². The summed E-state index contributed by atoms with van der Waals surface area (Å²) in [6.07, 6.45) is 0.936. The van der Waals surface area contributed by atoms with Crippen LogP contribution in [0.1, 0.15) is 12.5 Å². The molecular weight excluding hydrogens is 256 g/mol. The van der Waals surface area contributed by atoms with Crippen LogP contribution in [-0.4, -0.2) is 22.4 Å². The highest BCUT2D eigenvalue weighted by molar-refractivity contribution is 5.91. The van der Waals surface area contributed by atoms with Gasteiger partial charge in [-0.05, 0) is 12.5 Å². The van der Waals surface area contributed by atoms with E-state index < -0.39 is 21.5 Å². The predicted octanol–water partition coefficient (Wildman–Crippen LogP) is 1.78. The molecule has 0 aliphatic carbocycles. The molecule has 0 aliphatic heterocycles. The molecule has 1 aromatic rings. The molecule has 0 N–H and O–H groups in total. The Morgan fingerprint density at radius 2 is 2.05 bits per heavy atom. The molecule has 1 rings (SSSR count). The Kier molecular flexibility index (Phi) is 4.69. The van der Waals surface area contributed by atoms with Gasteiger partial charge in [-0.1, -0.05) is 12.1 Å². The van der Waals surface area contributed by atoms with Crippen LogP contribution in [0.5, 0.6) is 0 Å². The van der Waals surface area contributed by atoms with Gasteiger partial charge in [-0.25, -0.2) is 4.79 Å². The number of benzene rings is 1. The molecule has 8 nitrogen and oxygen atoms in total. The maximum absolute atomic E-state index is 11.3. The van der Waals surface area contributed by atoms with Gasteiger partial charge in [0.1, 0.15) is 0 Å². The molecule has 0 spiro atoms. The van der Waals surface area contributed by atoms with Crippen LogP contribution in [-0.2, 0) is 9.53 Å². The largest absolute Gasteiger partial charge is 0.458 e. The van der Waals surface area contributed by atoms with Gasteiger partial charge >= 0.3 is 11.7 Å². The first-order chi connectivity index (χ1) is 8.95. The quantitative estimate of drug-likeness (QED) is 0.347. The monoisotopic (exact) mass is 266 g/mol. The summed E-state index contributed by atoms with van der Waals surface area (Å²) in [6.45, 7) is 1.52. The van der Waals surface area contributed by atoms with Gasteiger partial charge in [0.15, 0.2) is 0 Å². The van der Waals surface area contributed by atoms with E-state index in [9.17, 15) is 25.0 Å². The summed E-state index contributed by atoms with van der Waals surface area (Å²) in [6, 6.07) is 5.15. The van der Waals surface area contributed by atoms with E-state index in [1.165, 1.54) is 25.1 Å². The number of carbonyl (C=O) groups is 1. The fourth-order valence-electron chi connectivity index (χ4n) is 1.28. The number of non-ortho nitro benzene ring substituents is 1. The molecule has 8 heteroatoms. The lowest BCUT2D eigenvalue weighted by Gasteiger charge is -1.99. The average molecular weight is 266 g/mol. The van der Waals surface area contributed by atoms with Crippen molar-refractivity contribution in [1.82, 2.24) is 0 Å². The third-order valence-corrected chi connectivity index (χ3v) is 2.07. The van der Waals surface area contributed by atoms with Gasteiger partial charge < -0.3 is 4.74 Å². The molecule has 0 radical (unpaired) electrons. The minimum atomic E-state index is -1.08. The molecule has 19 heavy (non-hydrogen) atoms. The second-order valence-electron chi connectivity index (χ2n) is 3.36. The predicted molar refractivity (Wildman–Crippen MR) is 64.7 cm³/mol. The molecule has 100 valence electrons. The zero-order valence-electron chi connectivity index (χ0n) is 9.94. The Balaban J connectivity index is 3.15. The third-order valence-electron chi connectivity index (χ3n) is 2.07. The summed E-state index contributed by atoms with van der Waals surface area (Å²) in [5.74, 6) is -1.08. The van der Waals surface area contributed by atoms with Gasteiger partial charge in [-0.3, -0.25) is 20.2 Å². The third kappa shape index (κ3) is 3.87. The van der Waals surface area contributed by atoms with Crippen molar-refractivity contribution in [1.29, 1.82) is 0 Å². The Hall–Kier alpha value is -2.77. The molecule has 0 fully saturated rings. The summed E-state index contributed by atoms with van der Waals surface area (Å²) in [7, 11) is 0. The summed E-state index contributed by atoms with van der Waals surface area (Å²) in [5, 5.41) is 21.3. The fraction of sp³-hybridized carbons (Fsp3) is 0.182. The van der Waals surface area contributed by atoms with Crippen molar-refractivity contribution in [2.24, 2.45) is 0 Å². The van der Waals surface area contributed by atoms with E-state index in [1.54, 1.807) is 0 Å². The van der Waals surface area contributed by atoms with Crippen molar-refractivity contribution >= 4 is 17.7 Å². The van der Waals surface area contributed by atoms with Crippen molar-refractivity contribution in [3.8, 4) is 0 Å². The number of nitrogens with zero attached hydrogens (tertiary/aromatic N) is 2. The maximum Gasteiger partial charge on any atom is 0.409 e. The van der Waals surface area contributed by atoms with Crippen LogP contribution in [0.3, 0.4) is 0 Å². The number of esters is 1. The Morgan fingerprint density at radius 1 is 1.37 bits per heavy atom. The number of rotatable bonds is 5. The molecular formula is C11H10N2O6. The standard InChI is InChI=1S/C11H10N2O6/c1-2-19-11(14)10(13(17)18)7-8-4-3-5-9(6-8)12(15)16/h3-7H,2H2,1H3/b10-7+. The zero-order valence-corrected chi connectivity index (χ0v) is 9.94. The molecule has 0 aliphatic rings. The van der Waals surface area contributed by atoms with Crippen LogP contribution in [0.25, 0.3) is 6.08 Å². The van der Waals surface area contributed by atoms with Crippen LogP contribution >= 0.6 is 0 Å². The van der Waals surface area contributed by atoms with Crippen molar-refractivity contribution in [3.05, 3.63) is 55.8 Å². The Morgan fingerprint density at radius 3 is 2.58 bits per heavy atom. The van der Waals surface area contributed by atoms with E-state index in [2.05, 4.69) is 4.74 Å². The second-order valence-corrected chi connectivity index (χ2v) is 3.36. The van der Waals surface area contributed by atoms with E-state index in [4.69, 9.17) is 0 Å². The highest BCUT2D eigenvalue weighted by atomic mass is 16.6. The molecule has 0 aromatic heterocycles. The smallest absolute Gasteiger partial charge is 0.409 e. The number of nitro benzene ring substituents is 1. The molecule has 1 aromatic carbocycles. The van der Waals surface area contributed by atoms with Crippen molar-refractivity contribution in [2.45, 2.75) is 6.92 Å². The fourth-order valence-corrected chi connectivity index (χ4v) is 1.28. The first-order valence-corrected chi connectivity index (χ1v) is 5.23. The second kappa shape index (κ2) is 6.24. The topological polar surface area (TPSA) is 113 Å². The van der Waals surface area contributed by atoms with Crippen LogP contribution in [0.15, 0.2) is 30.0 Å². The van der Waals surface area contributed by atoms with Crippen molar-refractivity contribution in [3.63, 3.8) is 0 Å². The summed E-state index contributed by atoms with van der Waals surface area (Å²) < 4.78 is 4.53. The number of ether oxygens (including phenoxy) is 1. The van der Waals surface area contributed by atoms with Crippen LogP contribution in [0.2, 0.25) is 0 Å². The minimum Gasteiger partial charge on any atom is -0.458 e. The SMILES string of the molecule is CCOC(=O)/C(=C\c1cccc([N+](=O)[O-])c1)[N+](=O)[O-]. The number of nitro groups is 2. The molecule has 0 bridgehead atoms. The van der Waals surface area contributed by atoms with E-state index >= 15 is 0 Å². The summed E-state index contributed by atoms with van der Waals surface area (Å²) in [5.41, 5.74) is -0.823. The molecule has 0 saturated carbocycles. The van der Waals surface area contributed by atoms with Crippen LogP contribution < -0.4 is 0 Å². The Labute approximate surface area is 107 Å². The van der Waals surface area contributed by atoms with E-state index in [-0.39, 0.29) is 17.9 Å². The van der Waals surface area contributed by atoms with Gasteiger partial charge in [0.05, 0.1) is 16.5 Å². The first-order valence-electron chi connectivity index (χ1n) is 5.23. The van der Waals surface area contributed by atoms with Crippen LogP contribution in [0.4, 0.5) is 5.69 Å². The van der Waals surface area contributed by atoms with Gasteiger partial charge in [-0.2, -0.15) is 0 Å². The maximum atomic E-state index is 11.3. The highest BCUT2D eigenvalue weighted by Gasteiger charge is 2.23. The zero-order chi connectivity index (χ0) is 14.4. The van der Waals surface area contributed by atoms with E-state index in [0.29, 0.717) is 0 Å². The normalized spacial score (nSPS) is 10.9. The number of hydrogen-bond donors (Lipinski definition) is 0. The first kappa shape index (κ1) is 14.3. The molecule has 0 amide bonds. The lowest BCUT2D eigenvalue weighted by atomic mass is 10.1. The van der Waals surface area contributed by atoms with Crippen LogP contribution in [0, 0.1) is 20.2 Å². The molecule has 0 heterocycles. The van der Waals surface area contributed by atoms with E-state index in [1.807, 2.05) is 0 Å². The van der Waals surface area contributed by atoms with Gasteiger partial charge in [0.2, 0.25) is 0 Å². The minimum absolute atomic E-state index is 0.00104. The molecule has 0 atom stereocenters. The molecule has 0 unspecified atom stereocenters. The van der Waals surface area contributed by atoms with E-state index in [0.717, 1.165) is 12.1 Å². The van der Waals surface area contributed by atoms with Crippen molar-refractivity contribution in [2.75, 3.05) is 6.61 Å². The van der Waals surface area contributed by atoms with Gasteiger partial charge in [-0.15, -0.1) is 0 Å². The lowest BCUT2D eigenvalue weighted by Crippen LogP contribution is -2.14. The van der Waals surface area contributed by atoms with Gasteiger partial charge in [0.25, 0.3) is 5.69 Å². The number of hydrogen-bond acceptors (Lipinski definition) is 6. The number of carbonyl (C=O) groups excluding carboxylic acids is 1. The average Bonchev–Trinajstić information content (AvgIpc) is 2.36. The summed E-state index contributed by atoms with van der Waals surface area (Å²) in [4.78, 5) is 31.1. The molecule has 0 saturated heterocycles. The van der Waals surface area contributed by atoms with Gasteiger partial charge in [0, 0.05) is 18.2 Å². The highest BCUT2D eigenvalue weighted by Crippen LogP contribution is 2.16.